The molecule has 0 atom stereocenters. The lowest BCUT2D eigenvalue weighted by atomic mass is 10.2. The van der Waals surface area contributed by atoms with Crippen molar-refractivity contribution in [2.75, 3.05) is 13.2 Å². The van der Waals surface area contributed by atoms with Gasteiger partial charge in [-0.25, -0.2) is 0 Å². The zero-order valence-corrected chi connectivity index (χ0v) is 6.71. The van der Waals surface area contributed by atoms with Gasteiger partial charge in [0.05, 0.1) is 0 Å². The van der Waals surface area contributed by atoms with Crippen molar-refractivity contribution in [2.24, 2.45) is 0 Å². The Kier molecular flexibility index (Phi) is 3.98. The van der Waals surface area contributed by atoms with E-state index >= 15 is 0 Å². The molecule has 0 aromatic carbocycles. The van der Waals surface area contributed by atoms with Gasteiger partial charge in [0, 0.05) is 12.6 Å². The Morgan fingerprint density at radius 1 is 1.45 bits per heavy atom. The highest BCUT2D eigenvalue weighted by atomic mass is 16.5. The zero-order valence-electron chi connectivity index (χ0n) is 6.71. The fourth-order valence-corrected chi connectivity index (χ4v) is 1.50. The van der Waals surface area contributed by atoms with Gasteiger partial charge in [0.15, 0.2) is 0 Å². The molecular weight excluding hydrogens is 142 g/mol. The third kappa shape index (κ3) is 3.37. The summed E-state index contributed by atoms with van der Waals surface area (Å²) < 4.78 is 4.55. The van der Waals surface area contributed by atoms with Gasteiger partial charge in [0.25, 0.3) is 6.47 Å². The molecule has 0 bridgehead atoms. The number of hydrogen-bond donors (Lipinski definition) is 1. The summed E-state index contributed by atoms with van der Waals surface area (Å²) in [5, 5.41) is 3.33. The molecule has 0 heterocycles. The van der Waals surface area contributed by atoms with Gasteiger partial charge in [-0.3, -0.25) is 4.79 Å². The number of nitrogens with one attached hydrogen (secondary N) is 1. The quantitative estimate of drug-likeness (QED) is 0.471. The average Bonchev–Trinajstić information content (AvgIpc) is 2.50. The monoisotopic (exact) mass is 157 g/mol. The first-order chi connectivity index (χ1) is 5.43. The van der Waals surface area contributed by atoms with Crippen molar-refractivity contribution in [2.45, 2.75) is 31.7 Å². The molecule has 0 unspecified atom stereocenters. The Balaban J connectivity index is 1.89. The van der Waals surface area contributed by atoms with E-state index in [1.54, 1.807) is 0 Å². The second-order valence-corrected chi connectivity index (χ2v) is 2.90. The third-order valence-corrected chi connectivity index (χ3v) is 2.08. The topological polar surface area (TPSA) is 38.3 Å². The third-order valence-electron chi connectivity index (χ3n) is 2.08. The highest BCUT2D eigenvalue weighted by molar-refractivity contribution is 5.36. The van der Waals surface area contributed by atoms with E-state index in [9.17, 15) is 4.79 Å². The van der Waals surface area contributed by atoms with E-state index < -0.39 is 0 Å². The lowest BCUT2D eigenvalue weighted by Crippen LogP contribution is -2.29. The number of hydrogen-bond acceptors (Lipinski definition) is 3. The van der Waals surface area contributed by atoms with Crippen LogP contribution in [-0.2, 0) is 9.53 Å². The summed E-state index contributed by atoms with van der Waals surface area (Å²) in [5.41, 5.74) is 0. The van der Waals surface area contributed by atoms with Gasteiger partial charge in [0.1, 0.15) is 6.61 Å². The van der Waals surface area contributed by atoms with Crippen LogP contribution in [0, 0.1) is 0 Å². The van der Waals surface area contributed by atoms with Crippen LogP contribution in [0.3, 0.4) is 0 Å². The van der Waals surface area contributed by atoms with Gasteiger partial charge >= 0.3 is 0 Å². The molecule has 0 spiro atoms. The molecule has 3 nitrogen and oxygen atoms in total. The van der Waals surface area contributed by atoms with Gasteiger partial charge in [0.2, 0.25) is 0 Å². The maximum absolute atomic E-state index is 9.75. The Labute approximate surface area is 67.1 Å². The maximum Gasteiger partial charge on any atom is 0.293 e. The molecule has 0 aliphatic heterocycles. The van der Waals surface area contributed by atoms with Crippen molar-refractivity contribution in [1.82, 2.24) is 5.32 Å². The van der Waals surface area contributed by atoms with Crippen LogP contribution in [0.2, 0.25) is 0 Å². The normalized spacial score (nSPS) is 18.5. The Hall–Kier alpha value is -0.570. The summed E-state index contributed by atoms with van der Waals surface area (Å²) in [6, 6.07) is 0.672. The maximum atomic E-state index is 9.75. The van der Waals surface area contributed by atoms with Crippen LogP contribution in [0.1, 0.15) is 25.7 Å². The largest absolute Gasteiger partial charge is 0.467 e. The molecule has 1 aliphatic rings. The van der Waals surface area contributed by atoms with Gasteiger partial charge in [-0.1, -0.05) is 12.8 Å². The van der Waals surface area contributed by atoms with Gasteiger partial charge in [-0.05, 0) is 12.8 Å². The zero-order chi connectivity index (χ0) is 7.94. The van der Waals surface area contributed by atoms with Crippen molar-refractivity contribution in [3.8, 4) is 0 Å². The second-order valence-electron chi connectivity index (χ2n) is 2.90. The molecule has 11 heavy (non-hydrogen) atoms. The molecular formula is C8H15NO2. The van der Waals surface area contributed by atoms with E-state index in [-0.39, 0.29) is 0 Å². The SMILES string of the molecule is O=COCCNC1CCCC1. The predicted molar refractivity (Wildman–Crippen MR) is 42.3 cm³/mol. The molecule has 64 valence electrons. The fraction of sp³-hybridized carbons (Fsp3) is 0.875. The molecule has 0 amide bonds. The first-order valence-corrected chi connectivity index (χ1v) is 4.22. The van der Waals surface area contributed by atoms with E-state index in [2.05, 4.69) is 10.1 Å². The molecule has 1 rings (SSSR count). The van der Waals surface area contributed by atoms with E-state index in [1.165, 1.54) is 25.7 Å². The van der Waals surface area contributed by atoms with Crippen molar-refractivity contribution in [3.05, 3.63) is 0 Å². The number of ether oxygens (including phenoxy) is 1. The van der Waals surface area contributed by atoms with E-state index in [0.717, 1.165) is 6.54 Å². The van der Waals surface area contributed by atoms with Crippen LogP contribution < -0.4 is 5.32 Å². The highest BCUT2D eigenvalue weighted by Crippen LogP contribution is 2.16. The summed E-state index contributed by atoms with van der Waals surface area (Å²) in [7, 11) is 0. The molecule has 1 aliphatic carbocycles. The van der Waals surface area contributed by atoms with E-state index in [0.29, 0.717) is 19.1 Å². The molecule has 0 aromatic heterocycles. The highest BCUT2D eigenvalue weighted by Gasteiger charge is 2.12. The molecule has 0 radical (unpaired) electrons. The minimum absolute atomic E-state index is 0.496. The Bertz CT molecular complexity index is 111. The molecule has 0 saturated heterocycles. The van der Waals surface area contributed by atoms with Crippen LogP contribution in [0.25, 0.3) is 0 Å². The predicted octanol–water partition coefficient (Wildman–Crippen LogP) is 0.692. The van der Waals surface area contributed by atoms with Gasteiger partial charge in [-0.15, -0.1) is 0 Å². The van der Waals surface area contributed by atoms with E-state index in [4.69, 9.17) is 0 Å². The van der Waals surface area contributed by atoms with Crippen LogP contribution in [0.5, 0.6) is 0 Å². The fourth-order valence-electron chi connectivity index (χ4n) is 1.50. The summed E-state index contributed by atoms with van der Waals surface area (Å²) in [4.78, 5) is 9.75. The van der Waals surface area contributed by atoms with Crippen molar-refractivity contribution in [1.29, 1.82) is 0 Å². The standard InChI is InChI=1S/C8H15NO2/c10-7-11-6-5-9-8-3-1-2-4-8/h7-9H,1-6H2. The lowest BCUT2D eigenvalue weighted by molar-refractivity contribution is -0.128. The van der Waals surface area contributed by atoms with Crippen molar-refractivity contribution >= 4 is 6.47 Å². The summed E-state index contributed by atoms with van der Waals surface area (Å²) >= 11 is 0. The van der Waals surface area contributed by atoms with Crippen LogP contribution in [0.4, 0.5) is 0 Å². The Morgan fingerprint density at radius 2 is 2.18 bits per heavy atom. The summed E-state index contributed by atoms with van der Waals surface area (Å²) in [6.07, 6.45) is 5.24. The first kappa shape index (κ1) is 8.53. The van der Waals surface area contributed by atoms with Crippen LogP contribution >= 0.6 is 0 Å². The Morgan fingerprint density at radius 3 is 2.82 bits per heavy atom. The molecule has 3 heteroatoms. The van der Waals surface area contributed by atoms with E-state index in [1.807, 2.05) is 0 Å². The van der Waals surface area contributed by atoms with Crippen LogP contribution in [-0.4, -0.2) is 25.7 Å². The minimum atomic E-state index is 0.496. The number of carbonyl (C=O) groups excluding carboxylic acids is 1. The van der Waals surface area contributed by atoms with Crippen molar-refractivity contribution < 1.29 is 9.53 Å². The number of rotatable bonds is 5. The van der Waals surface area contributed by atoms with Crippen molar-refractivity contribution in [3.63, 3.8) is 0 Å². The molecule has 1 fully saturated rings. The first-order valence-electron chi connectivity index (χ1n) is 4.22. The number of carbonyl (C=O) groups is 1. The van der Waals surface area contributed by atoms with Gasteiger partial charge < -0.3 is 10.1 Å². The summed E-state index contributed by atoms with van der Waals surface area (Å²) in [5.74, 6) is 0. The summed E-state index contributed by atoms with van der Waals surface area (Å²) in [6.45, 7) is 1.79. The molecule has 1 saturated carbocycles. The lowest BCUT2D eigenvalue weighted by Gasteiger charge is -2.09. The average molecular weight is 157 g/mol. The smallest absolute Gasteiger partial charge is 0.293 e. The second kappa shape index (κ2) is 5.13. The minimum Gasteiger partial charge on any atom is -0.467 e. The molecule has 0 aromatic rings. The molecule has 1 N–H and O–H groups in total. The van der Waals surface area contributed by atoms with Crippen LogP contribution in [0.15, 0.2) is 0 Å². The van der Waals surface area contributed by atoms with Gasteiger partial charge in [-0.2, -0.15) is 0 Å².